The maximum Gasteiger partial charge on any atom is 0.224 e. The number of rotatable bonds is 3. The molecule has 1 aromatic rings. The normalized spacial score (nSPS) is 24.5. The molecule has 132 valence electrons. The Hall–Kier alpha value is -1.24. The van der Waals surface area contributed by atoms with Crippen LogP contribution in [-0.4, -0.2) is 53.9 Å². The molecule has 2 atom stereocenters. The van der Waals surface area contributed by atoms with Crippen LogP contribution in [0.3, 0.4) is 0 Å². The molecule has 1 aromatic carbocycles. The first-order chi connectivity index (χ1) is 11.2. The molecule has 0 saturated carbocycles. The maximum atomic E-state index is 12.8. The fraction of sp³-hybridized carbons (Fsp3) is 0.529. The fourth-order valence-corrected chi connectivity index (χ4v) is 4.13. The number of nitrogens with zero attached hydrogens (tertiary/aromatic N) is 1. The Morgan fingerprint density at radius 3 is 2.75 bits per heavy atom. The summed E-state index contributed by atoms with van der Waals surface area (Å²) in [5.41, 5.74) is 1.03. The highest BCUT2D eigenvalue weighted by atomic mass is 35.5. The van der Waals surface area contributed by atoms with Crippen molar-refractivity contribution in [2.45, 2.75) is 24.9 Å². The monoisotopic (exact) mass is 369 g/mol. The Kier molecular flexibility index (Phi) is 7.40. The number of thioether (sulfide) groups is 1. The summed E-state index contributed by atoms with van der Waals surface area (Å²) in [7, 11) is 0. The first-order valence-corrected chi connectivity index (χ1v) is 9.32. The Morgan fingerprint density at radius 1 is 1.25 bits per heavy atom. The fourth-order valence-electron chi connectivity index (χ4n) is 3.18. The molecule has 0 aliphatic carbocycles. The molecule has 7 heteroatoms. The summed E-state index contributed by atoms with van der Waals surface area (Å²) in [4.78, 5) is 26.7. The predicted molar refractivity (Wildman–Crippen MR) is 99.5 cm³/mol. The SMILES string of the molecule is Cl.O=C1CC(c2ccccc2)N(C(=O)CC2CSCCN2)CCN1. The first kappa shape index (κ1) is 19.1. The summed E-state index contributed by atoms with van der Waals surface area (Å²) in [6.45, 7) is 2.06. The van der Waals surface area contributed by atoms with Crippen molar-refractivity contribution in [3.8, 4) is 0 Å². The number of hydrogen-bond donors (Lipinski definition) is 2. The molecule has 2 unspecified atom stereocenters. The number of benzene rings is 1. The van der Waals surface area contributed by atoms with E-state index in [9.17, 15) is 9.59 Å². The van der Waals surface area contributed by atoms with E-state index in [-0.39, 0.29) is 36.3 Å². The van der Waals surface area contributed by atoms with E-state index in [4.69, 9.17) is 0 Å². The van der Waals surface area contributed by atoms with Gasteiger partial charge in [0.1, 0.15) is 0 Å². The van der Waals surface area contributed by atoms with Gasteiger partial charge in [0.05, 0.1) is 12.5 Å². The average molecular weight is 370 g/mol. The van der Waals surface area contributed by atoms with Gasteiger partial charge in [-0.1, -0.05) is 30.3 Å². The van der Waals surface area contributed by atoms with Crippen LogP contribution >= 0.6 is 24.2 Å². The van der Waals surface area contributed by atoms with Crippen LogP contribution in [-0.2, 0) is 9.59 Å². The quantitative estimate of drug-likeness (QED) is 0.849. The Balaban J connectivity index is 0.00000208. The van der Waals surface area contributed by atoms with Crippen LogP contribution in [0.2, 0.25) is 0 Å². The standard InChI is InChI=1S/C17H23N3O2S.ClH/c21-16-11-15(13-4-2-1-3-5-13)20(8-6-19-16)17(22)10-14-12-23-9-7-18-14;/h1-5,14-15,18H,6-12H2,(H,19,21);1H. The summed E-state index contributed by atoms with van der Waals surface area (Å²) in [6.07, 6.45) is 0.840. The van der Waals surface area contributed by atoms with E-state index in [2.05, 4.69) is 10.6 Å². The minimum atomic E-state index is -0.164. The third kappa shape index (κ3) is 4.88. The Labute approximate surface area is 153 Å². The van der Waals surface area contributed by atoms with Gasteiger partial charge in [0.25, 0.3) is 0 Å². The molecule has 2 amide bonds. The molecule has 0 bridgehead atoms. The van der Waals surface area contributed by atoms with Crippen molar-refractivity contribution < 1.29 is 9.59 Å². The van der Waals surface area contributed by atoms with Crippen LogP contribution in [0.5, 0.6) is 0 Å². The lowest BCUT2D eigenvalue weighted by atomic mass is 10.0. The molecule has 2 aliphatic heterocycles. The van der Waals surface area contributed by atoms with Gasteiger partial charge in [-0.3, -0.25) is 9.59 Å². The molecule has 2 saturated heterocycles. The highest BCUT2D eigenvalue weighted by Crippen LogP contribution is 2.27. The number of carbonyl (C=O) groups is 2. The van der Waals surface area contributed by atoms with E-state index in [1.165, 1.54) is 0 Å². The van der Waals surface area contributed by atoms with E-state index in [0.717, 1.165) is 23.6 Å². The third-order valence-electron chi connectivity index (χ3n) is 4.35. The van der Waals surface area contributed by atoms with Crippen molar-refractivity contribution in [2.75, 3.05) is 31.1 Å². The van der Waals surface area contributed by atoms with Crippen LogP contribution in [0.15, 0.2) is 30.3 Å². The summed E-state index contributed by atoms with van der Waals surface area (Å²) < 4.78 is 0. The van der Waals surface area contributed by atoms with E-state index >= 15 is 0 Å². The molecule has 0 spiro atoms. The second-order valence-corrected chi connectivity index (χ2v) is 7.15. The minimum Gasteiger partial charge on any atom is -0.354 e. The molecule has 5 nitrogen and oxygen atoms in total. The molecule has 0 aromatic heterocycles. The second-order valence-electron chi connectivity index (χ2n) is 6.00. The van der Waals surface area contributed by atoms with Gasteiger partial charge in [0.2, 0.25) is 11.8 Å². The van der Waals surface area contributed by atoms with Crippen molar-refractivity contribution >= 4 is 36.0 Å². The van der Waals surface area contributed by atoms with Crippen molar-refractivity contribution in [3.63, 3.8) is 0 Å². The van der Waals surface area contributed by atoms with Crippen molar-refractivity contribution in [3.05, 3.63) is 35.9 Å². The van der Waals surface area contributed by atoms with Crippen LogP contribution < -0.4 is 10.6 Å². The van der Waals surface area contributed by atoms with Gasteiger partial charge in [-0.05, 0) is 5.56 Å². The highest BCUT2D eigenvalue weighted by Gasteiger charge is 2.31. The summed E-state index contributed by atoms with van der Waals surface area (Å²) in [6, 6.07) is 9.94. The number of amides is 2. The predicted octanol–water partition coefficient (Wildman–Crippen LogP) is 1.59. The zero-order valence-electron chi connectivity index (χ0n) is 13.6. The highest BCUT2D eigenvalue weighted by molar-refractivity contribution is 7.99. The van der Waals surface area contributed by atoms with E-state index in [1.54, 1.807) is 0 Å². The summed E-state index contributed by atoms with van der Waals surface area (Å²) in [5, 5.41) is 6.30. The minimum absolute atomic E-state index is 0. The van der Waals surface area contributed by atoms with Gasteiger partial charge in [-0.15, -0.1) is 12.4 Å². The molecular weight excluding hydrogens is 346 g/mol. The lowest BCUT2D eigenvalue weighted by Gasteiger charge is -2.32. The zero-order valence-corrected chi connectivity index (χ0v) is 15.2. The van der Waals surface area contributed by atoms with Gasteiger partial charge in [0.15, 0.2) is 0 Å². The molecule has 0 radical (unpaired) electrons. The van der Waals surface area contributed by atoms with Gasteiger partial charge in [-0.2, -0.15) is 11.8 Å². The van der Waals surface area contributed by atoms with Crippen LogP contribution in [0.1, 0.15) is 24.4 Å². The van der Waals surface area contributed by atoms with Crippen molar-refractivity contribution in [1.82, 2.24) is 15.5 Å². The zero-order chi connectivity index (χ0) is 16.1. The van der Waals surface area contributed by atoms with Gasteiger partial charge in [0, 0.05) is 43.6 Å². The van der Waals surface area contributed by atoms with Gasteiger partial charge >= 0.3 is 0 Å². The van der Waals surface area contributed by atoms with Crippen LogP contribution in [0.4, 0.5) is 0 Å². The molecule has 24 heavy (non-hydrogen) atoms. The first-order valence-electron chi connectivity index (χ1n) is 8.16. The third-order valence-corrected chi connectivity index (χ3v) is 5.48. The number of hydrogen-bond acceptors (Lipinski definition) is 4. The molecule has 2 aliphatic rings. The molecule has 2 N–H and O–H groups in total. The topological polar surface area (TPSA) is 61.4 Å². The number of nitrogens with one attached hydrogen (secondary N) is 2. The summed E-state index contributed by atoms with van der Waals surface area (Å²) >= 11 is 1.89. The molecule has 3 rings (SSSR count). The summed E-state index contributed by atoms with van der Waals surface area (Å²) in [5.74, 6) is 2.24. The molecular formula is C17H24ClN3O2S. The number of carbonyl (C=O) groups excluding carboxylic acids is 2. The van der Waals surface area contributed by atoms with E-state index < -0.39 is 0 Å². The van der Waals surface area contributed by atoms with E-state index in [0.29, 0.717) is 25.9 Å². The second kappa shape index (κ2) is 9.30. The van der Waals surface area contributed by atoms with Gasteiger partial charge in [-0.25, -0.2) is 0 Å². The van der Waals surface area contributed by atoms with E-state index in [1.807, 2.05) is 47.0 Å². The smallest absolute Gasteiger partial charge is 0.224 e. The average Bonchev–Trinajstić information content (AvgIpc) is 2.78. The van der Waals surface area contributed by atoms with Crippen LogP contribution in [0.25, 0.3) is 0 Å². The molecule has 2 fully saturated rings. The lowest BCUT2D eigenvalue weighted by Crippen LogP contribution is -2.44. The number of halogens is 1. The largest absolute Gasteiger partial charge is 0.354 e. The lowest BCUT2D eigenvalue weighted by molar-refractivity contribution is -0.134. The Morgan fingerprint density at radius 2 is 2.04 bits per heavy atom. The molecule has 2 heterocycles. The maximum absolute atomic E-state index is 12.8. The van der Waals surface area contributed by atoms with Crippen molar-refractivity contribution in [2.24, 2.45) is 0 Å². The van der Waals surface area contributed by atoms with Crippen LogP contribution in [0, 0.1) is 0 Å². The van der Waals surface area contributed by atoms with Crippen molar-refractivity contribution in [1.29, 1.82) is 0 Å². The Bertz CT molecular complexity index is 552. The van der Waals surface area contributed by atoms with Gasteiger partial charge < -0.3 is 15.5 Å².